The largest absolute Gasteiger partial charge is 0.491 e. The number of para-hydroxylation sites is 1. The number of nitrogens with one attached hydrogen (secondary N) is 1. The molecule has 4 heterocycles. The molecule has 0 aliphatic carbocycles. The Hall–Kier alpha value is -4.47. The molecule has 2 saturated heterocycles. The van der Waals surface area contributed by atoms with Crippen LogP contribution in [0.2, 0.25) is 0 Å². The molecule has 1 unspecified atom stereocenters. The molecule has 10 heteroatoms. The summed E-state index contributed by atoms with van der Waals surface area (Å²) in [5.41, 5.74) is 4.38. The fraction of sp³-hybridized carbons (Fsp3) is 0.387. The molecule has 1 N–H and O–H groups in total. The molecular weight excluding hydrogens is 522 g/mol. The number of hydrogen-bond acceptors (Lipinski definition) is 6. The maximum atomic E-state index is 13.9. The second-order valence-corrected chi connectivity index (χ2v) is 11.0. The van der Waals surface area contributed by atoms with E-state index >= 15 is 0 Å². The summed E-state index contributed by atoms with van der Waals surface area (Å²) in [5.74, 6) is -0.372. The SMILES string of the molecule is Cc1nn(-c2ccccc2)c(C)c1C(=O)N1CCCC[C@@H]1COc1ccc2c(c1)CN(C1CCC(=O)NC1=O)C2=O. The van der Waals surface area contributed by atoms with E-state index in [0.29, 0.717) is 42.1 Å². The van der Waals surface area contributed by atoms with Crippen molar-refractivity contribution in [2.45, 2.75) is 64.6 Å². The number of hydrogen-bond donors (Lipinski definition) is 1. The Kier molecular flexibility index (Phi) is 7.07. The summed E-state index contributed by atoms with van der Waals surface area (Å²) in [6.07, 6.45) is 3.32. The minimum Gasteiger partial charge on any atom is -0.491 e. The predicted molar refractivity (Wildman–Crippen MR) is 150 cm³/mol. The van der Waals surface area contributed by atoms with Crippen LogP contribution in [0.25, 0.3) is 5.69 Å². The number of aryl methyl sites for hydroxylation is 1. The van der Waals surface area contributed by atoms with E-state index < -0.39 is 11.9 Å². The lowest BCUT2D eigenvalue weighted by atomic mass is 10.0. The third-order valence-electron chi connectivity index (χ3n) is 8.33. The first-order valence-electron chi connectivity index (χ1n) is 14.1. The number of benzene rings is 2. The molecule has 3 aliphatic rings. The second kappa shape index (κ2) is 10.8. The van der Waals surface area contributed by atoms with Crippen LogP contribution in [0.1, 0.15) is 69.8 Å². The van der Waals surface area contributed by atoms with Crippen LogP contribution in [0.15, 0.2) is 48.5 Å². The smallest absolute Gasteiger partial charge is 0.257 e. The van der Waals surface area contributed by atoms with Gasteiger partial charge in [0.15, 0.2) is 0 Å². The monoisotopic (exact) mass is 555 g/mol. The van der Waals surface area contributed by atoms with Crippen molar-refractivity contribution < 1.29 is 23.9 Å². The molecular formula is C31H33N5O5. The van der Waals surface area contributed by atoms with Gasteiger partial charge in [-0.15, -0.1) is 0 Å². The van der Waals surface area contributed by atoms with E-state index in [0.717, 1.165) is 36.2 Å². The Morgan fingerprint density at radius 3 is 2.63 bits per heavy atom. The van der Waals surface area contributed by atoms with E-state index in [1.807, 2.05) is 59.8 Å². The van der Waals surface area contributed by atoms with Crippen LogP contribution < -0.4 is 10.1 Å². The van der Waals surface area contributed by atoms with Gasteiger partial charge in [0.05, 0.1) is 28.7 Å². The summed E-state index contributed by atoms with van der Waals surface area (Å²) in [5, 5.41) is 7.00. The van der Waals surface area contributed by atoms with Gasteiger partial charge in [-0.3, -0.25) is 24.5 Å². The van der Waals surface area contributed by atoms with Gasteiger partial charge >= 0.3 is 0 Å². The minimum absolute atomic E-state index is 0.0325. The highest BCUT2D eigenvalue weighted by atomic mass is 16.5. The molecule has 41 heavy (non-hydrogen) atoms. The Bertz CT molecular complexity index is 1530. The first kappa shape index (κ1) is 26.7. The normalized spacial score (nSPS) is 20.7. The summed E-state index contributed by atoms with van der Waals surface area (Å²) in [6.45, 7) is 5.08. The summed E-state index contributed by atoms with van der Waals surface area (Å²) < 4.78 is 8.03. The number of fused-ring (bicyclic) bond motifs is 1. The molecule has 10 nitrogen and oxygen atoms in total. The average Bonchev–Trinajstić information content (AvgIpc) is 3.46. The fourth-order valence-electron chi connectivity index (χ4n) is 6.19. The van der Waals surface area contributed by atoms with E-state index in [1.165, 1.54) is 4.90 Å². The van der Waals surface area contributed by atoms with Crippen molar-refractivity contribution in [2.75, 3.05) is 13.2 Å². The standard InChI is InChI=1S/C31H33N5O5/c1-19-28(20(2)36(33-19)22-8-4-3-5-9-22)31(40)34-15-7-6-10-23(34)18-41-24-11-12-25-21(16-24)17-35(30(25)39)26-13-14-27(37)32-29(26)38/h3-5,8-9,11-12,16,23,26H,6-7,10,13-15,17-18H2,1-2H3,(H,32,37,38)/t23-,26?/m1/s1. The zero-order valence-corrected chi connectivity index (χ0v) is 23.3. The van der Waals surface area contributed by atoms with Gasteiger partial charge in [-0.05, 0) is 75.4 Å². The van der Waals surface area contributed by atoms with Crippen LogP contribution in [0.4, 0.5) is 0 Å². The van der Waals surface area contributed by atoms with Gasteiger partial charge in [0, 0.05) is 25.1 Å². The van der Waals surface area contributed by atoms with E-state index in [2.05, 4.69) is 10.4 Å². The van der Waals surface area contributed by atoms with Crippen LogP contribution in [0.3, 0.4) is 0 Å². The van der Waals surface area contributed by atoms with Crippen molar-refractivity contribution in [2.24, 2.45) is 0 Å². The molecule has 3 aliphatic heterocycles. The number of aromatic nitrogens is 2. The first-order chi connectivity index (χ1) is 19.8. The molecule has 0 spiro atoms. The van der Waals surface area contributed by atoms with Crippen molar-refractivity contribution in [3.8, 4) is 11.4 Å². The van der Waals surface area contributed by atoms with Gasteiger partial charge in [-0.2, -0.15) is 5.10 Å². The highest BCUT2D eigenvalue weighted by molar-refractivity contribution is 6.05. The molecule has 3 aromatic rings. The van der Waals surface area contributed by atoms with Gasteiger partial charge < -0.3 is 14.5 Å². The average molecular weight is 556 g/mol. The van der Waals surface area contributed by atoms with Crippen LogP contribution in [0.5, 0.6) is 5.75 Å². The second-order valence-electron chi connectivity index (χ2n) is 11.0. The Balaban J connectivity index is 1.15. The number of carbonyl (C=O) groups is 4. The maximum absolute atomic E-state index is 13.9. The minimum atomic E-state index is -0.656. The Morgan fingerprint density at radius 1 is 1.05 bits per heavy atom. The van der Waals surface area contributed by atoms with E-state index in [9.17, 15) is 19.2 Å². The molecule has 2 fully saturated rings. The van der Waals surface area contributed by atoms with Crippen molar-refractivity contribution >= 4 is 23.6 Å². The summed E-state index contributed by atoms with van der Waals surface area (Å²) in [7, 11) is 0. The number of amides is 4. The molecule has 2 aromatic carbocycles. The number of rotatable bonds is 6. The zero-order chi connectivity index (χ0) is 28.7. The topological polar surface area (TPSA) is 114 Å². The van der Waals surface area contributed by atoms with Crippen LogP contribution in [-0.2, 0) is 16.1 Å². The molecule has 2 atom stereocenters. The summed E-state index contributed by atoms with van der Waals surface area (Å²) in [6, 6.07) is 14.4. The van der Waals surface area contributed by atoms with E-state index in [4.69, 9.17) is 4.74 Å². The van der Waals surface area contributed by atoms with Crippen molar-refractivity contribution in [3.05, 3.63) is 76.6 Å². The lowest BCUT2D eigenvalue weighted by molar-refractivity contribution is -0.136. The van der Waals surface area contributed by atoms with Crippen molar-refractivity contribution in [1.82, 2.24) is 24.9 Å². The Morgan fingerprint density at radius 2 is 1.85 bits per heavy atom. The highest BCUT2D eigenvalue weighted by Gasteiger charge is 2.39. The maximum Gasteiger partial charge on any atom is 0.257 e. The molecule has 212 valence electrons. The van der Waals surface area contributed by atoms with Crippen molar-refractivity contribution in [1.29, 1.82) is 0 Å². The zero-order valence-electron chi connectivity index (χ0n) is 23.3. The molecule has 0 saturated carbocycles. The summed E-state index contributed by atoms with van der Waals surface area (Å²) >= 11 is 0. The van der Waals surface area contributed by atoms with Crippen LogP contribution in [0, 0.1) is 13.8 Å². The van der Waals surface area contributed by atoms with Crippen molar-refractivity contribution in [3.63, 3.8) is 0 Å². The number of carbonyl (C=O) groups excluding carboxylic acids is 4. The number of piperidine rings is 2. The number of ether oxygens (including phenoxy) is 1. The molecule has 6 rings (SSSR count). The Labute approximate surface area is 238 Å². The van der Waals surface area contributed by atoms with Gasteiger partial charge in [0.25, 0.3) is 11.8 Å². The van der Waals surface area contributed by atoms with Gasteiger partial charge in [0.2, 0.25) is 11.8 Å². The van der Waals surface area contributed by atoms with Gasteiger partial charge in [-0.1, -0.05) is 18.2 Å². The number of imide groups is 1. The first-order valence-corrected chi connectivity index (χ1v) is 14.1. The molecule has 1 aromatic heterocycles. The third kappa shape index (κ3) is 4.98. The van der Waals surface area contributed by atoms with Crippen LogP contribution >= 0.6 is 0 Å². The van der Waals surface area contributed by atoms with Gasteiger partial charge in [0.1, 0.15) is 18.4 Å². The van der Waals surface area contributed by atoms with E-state index in [1.54, 1.807) is 12.1 Å². The van der Waals surface area contributed by atoms with E-state index in [-0.39, 0.29) is 36.7 Å². The molecule has 4 amide bonds. The number of nitrogens with zero attached hydrogens (tertiary/aromatic N) is 4. The highest BCUT2D eigenvalue weighted by Crippen LogP contribution is 2.31. The van der Waals surface area contributed by atoms with Gasteiger partial charge in [-0.25, -0.2) is 4.68 Å². The quantitative estimate of drug-likeness (QED) is 0.467. The van der Waals surface area contributed by atoms with Crippen LogP contribution in [-0.4, -0.2) is 68.4 Å². The molecule has 0 bridgehead atoms. The lowest BCUT2D eigenvalue weighted by Crippen LogP contribution is -2.52. The predicted octanol–water partition coefficient (Wildman–Crippen LogP) is 3.32. The number of likely N-dealkylation sites (tertiary alicyclic amines) is 1. The molecule has 0 radical (unpaired) electrons. The third-order valence-corrected chi connectivity index (χ3v) is 8.33. The summed E-state index contributed by atoms with van der Waals surface area (Å²) in [4.78, 5) is 54.2. The fourth-order valence-corrected chi connectivity index (χ4v) is 6.19. The lowest BCUT2D eigenvalue weighted by Gasteiger charge is -2.35.